The maximum Gasteiger partial charge on any atom is 0.416 e. The summed E-state index contributed by atoms with van der Waals surface area (Å²) in [6.45, 7) is 1.85. The van der Waals surface area contributed by atoms with Gasteiger partial charge in [0.05, 0.1) is 24.8 Å². The Morgan fingerprint density at radius 1 is 0.962 bits per heavy atom. The van der Waals surface area contributed by atoms with Crippen LogP contribution in [0.2, 0.25) is 0 Å². The molecule has 5 heteroatoms. The molecule has 1 saturated heterocycles. The van der Waals surface area contributed by atoms with Gasteiger partial charge in [0.25, 0.3) is 0 Å². The summed E-state index contributed by atoms with van der Waals surface area (Å²) in [5.41, 5.74) is 1.73. The molecule has 2 bridgehead atoms. The molecule has 0 N–H and O–H groups in total. The molecule has 0 amide bonds. The van der Waals surface area contributed by atoms with Gasteiger partial charge >= 0.3 is 6.18 Å². The zero-order valence-electron chi connectivity index (χ0n) is 14.2. The Balaban J connectivity index is 1.65. The summed E-state index contributed by atoms with van der Waals surface area (Å²) in [7, 11) is 0. The Hall–Kier alpha value is -2.11. The lowest BCUT2D eigenvalue weighted by Crippen LogP contribution is -2.53. The minimum absolute atomic E-state index is 0.000930. The van der Waals surface area contributed by atoms with Crippen LogP contribution in [0.1, 0.15) is 23.1 Å². The molecule has 2 aliphatic heterocycles. The van der Waals surface area contributed by atoms with Crippen molar-refractivity contribution in [2.24, 2.45) is 0 Å². The Bertz CT molecular complexity index is 800. The molecule has 0 aromatic heterocycles. The van der Waals surface area contributed by atoms with E-state index in [1.165, 1.54) is 17.7 Å². The van der Waals surface area contributed by atoms with E-state index in [0.29, 0.717) is 25.2 Å². The number of hydrogen-bond donors (Lipinski definition) is 0. The number of morpholine rings is 1. The Labute approximate surface area is 150 Å². The Kier molecular flexibility index (Phi) is 4.59. The monoisotopic (exact) mass is 359 g/mol. The highest BCUT2D eigenvalue weighted by atomic mass is 19.4. The minimum Gasteiger partial charge on any atom is -0.378 e. The molecule has 2 unspecified atom stereocenters. The van der Waals surface area contributed by atoms with E-state index in [0.717, 1.165) is 12.1 Å². The summed E-state index contributed by atoms with van der Waals surface area (Å²) >= 11 is 0. The van der Waals surface area contributed by atoms with E-state index in [-0.39, 0.29) is 12.1 Å². The molecule has 0 aliphatic carbocycles. The molecule has 1 fully saturated rings. The van der Waals surface area contributed by atoms with Crippen LogP contribution in [0.4, 0.5) is 13.2 Å². The molecule has 0 radical (unpaired) electrons. The first-order chi connectivity index (χ1) is 12.5. The number of hydrogen-bond acceptors (Lipinski definition) is 2. The van der Waals surface area contributed by atoms with Gasteiger partial charge in [0.1, 0.15) is 0 Å². The van der Waals surface area contributed by atoms with Gasteiger partial charge in [0.2, 0.25) is 0 Å². The summed E-state index contributed by atoms with van der Waals surface area (Å²) in [5.74, 6) is 0. The highest BCUT2D eigenvalue weighted by Gasteiger charge is 2.38. The molecule has 136 valence electrons. The number of ether oxygens (including phenoxy) is 1. The van der Waals surface area contributed by atoms with E-state index in [9.17, 15) is 13.2 Å². The van der Waals surface area contributed by atoms with Crippen molar-refractivity contribution in [2.75, 3.05) is 13.2 Å². The number of halogens is 3. The molecule has 0 saturated carbocycles. The lowest BCUT2D eigenvalue weighted by atomic mass is 9.87. The molecular weight excluding hydrogens is 339 g/mol. The third kappa shape index (κ3) is 3.41. The van der Waals surface area contributed by atoms with Crippen LogP contribution in [0.3, 0.4) is 0 Å². The third-order valence-corrected chi connectivity index (χ3v) is 5.13. The standard InChI is InChI=1S/C21H20F3NO/c22-21(23,24)20-9-5-4-8-19(20)16-10-17-13-26-14-18(11-16)25(17)12-15-6-2-1-3-7-15/h1-10,17-18H,11-14H2. The average molecular weight is 359 g/mol. The molecular formula is C21H20F3NO. The summed E-state index contributed by atoms with van der Waals surface area (Å²) in [5, 5.41) is 0. The lowest BCUT2D eigenvalue weighted by molar-refractivity contribution is -0.137. The fraction of sp³-hybridized carbons (Fsp3) is 0.333. The fourth-order valence-corrected chi connectivity index (χ4v) is 3.91. The molecule has 26 heavy (non-hydrogen) atoms. The summed E-state index contributed by atoms with van der Waals surface area (Å²) < 4.78 is 45.9. The molecule has 2 aromatic carbocycles. The van der Waals surface area contributed by atoms with Crippen molar-refractivity contribution >= 4 is 5.57 Å². The average Bonchev–Trinajstić information content (AvgIpc) is 2.62. The minimum atomic E-state index is -4.34. The smallest absolute Gasteiger partial charge is 0.378 e. The number of rotatable bonds is 3. The van der Waals surface area contributed by atoms with Gasteiger partial charge in [-0.05, 0) is 29.2 Å². The topological polar surface area (TPSA) is 12.5 Å². The molecule has 2 aromatic rings. The van der Waals surface area contributed by atoms with Crippen LogP contribution in [0.25, 0.3) is 5.57 Å². The quantitative estimate of drug-likeness (QED) is 0.783. The largest absolute Gasteiger partial charge is 0.416 e. The van der Waals surface area contributed by atoms with Crippen LogP contribution < -0.4 is 0 Å². The summed E-state index contributed by atoms with van der Waals surface area (Å²) in [4.78, 5) is 2.35. The van der Waals surface area contributed by atoms with E-state index in [4.69, 9.17) is 4.74 Å². The Morgan fingerprint density at radius 2 is 1.69 bits per heavy atom. The van der Waals surface area contributed by atoms with Gasteiger partial charge in [0, 0.05) is 12.6 Å². The van der Waals surface area contributed by atoms with Crippen molar-refractivity contribution < 1.29 is 17.9 Å². The fourth-order valence-electron chi connectivity index (χ4n) is 3.91. The highest BCUT2D eigenvalue weighted by molar-refractivity contribution is 5.70. The molecule has 4 rings (SSSR count). The molecule has 2 heterocycles. The van der Waals surface area contributed by atoms with Crippen molar-refractivity contribution in [2.45, 2.75) is 31.2 Å². The number of alkyl halides is 3. The van der Waals surface area contributed by atoms with Gasteiger partial charge in [-0.2, -0.15) is 13.2 Å². The van der Waals surface area contributed by atoms with Crippen molar-refractivity contribution in [3.05, 3.63) is 77.4 Å². The summed E-state index contributed by atoms with van der Waals surface area (Å²) in [6.07, 6.45) is -1.82. The lowest BCUT2D eigenvalue weighted by Gasteiger charge is -2.45. The molecule has 2 atom stereocenters. The number of benzene rings is 2. The maximum atomic E-state index is 13.4. The first-order valence-corrected chi connectivity index (χ1v) is 8.77. The normalized spacial score (nSPS) is 23.6. The first-order valence-electron chi connectivity index (χ1n) is 8.77. The van der Waals surface area contributed by atoms with Crippen LogP contribution in [-0.2, 0) is 17.5 Å². The van der Waals surface area contributed by atoms with Crippen molar-refractivity contribution in [3.8, 4) is 0 Å². The van der Waals surface area contributed by atoms with Gasteiger partial charge < -0.3 is 4.74 Å². The zero-order chi connectivity index (χ0) is 18.1. The van der Waals surface area contributed by atoms with Gasteiger partial charge in [0.15, 0.2) is 0 Å². The van der Waals surface area contributed by atoms with Crippen LogP contribution in [0, 0.1) is 0 Å². The van der Waals surface area contributed by atoms with Gasteiger partial charge in [-0.15, -0.1) is 0 Å². The SMILES string of the molecule is FC(F)(F)c1ccccc1C1=CC2COCC(C1)N2Cc1ccccc1. The Morgan fingerprint density at radius 3 is 2.42 bits per heavy atom. The van der Waals surface area contributed by atoms with Crippen molar-refractivity contribution in [3.63, 3.8) is 0 Å². The number of nitrogens with zero attached hydrogens (tertiary/aromatic N) is 1. The second-order valence-corrected chi connectivity index (χ2v) is 6.86. The van der Waals surface area contributed by atoms with E-state index in [1.807, 2.05) is 24.3 Å². The van der Waals surface area contributed by atoms with Crippen LogP contribution >= 0.6 is 0 Å². The van der Waals surface area contributed by atoms with Gasteiger partial charge in [-0.3, -0.25) is 4.90 Å². The van der Waals surface area contributed by atoms with Crippen LogP contribution in [-0.4, -0.2) is 30.2 Å². The van der Waals surface area contributed by atoms with Crippen LogP contribution in [0.5, 0.6) is 0 Å². The van der Waals surface area contributed by atoms with E-state index < -0.39 is 11.7 Å². The van der Waals surface area contributed by atoms with E-state index >= 15 is 0 Å². The molecule has 0 spiro atoms. The van der Waals surface area contributed by atoms with Gasteiger partial charge in [-0.1, -0.05) is 54.6 Å². The second kappa shape index (κ2) is 6.89. The highest BCUT2D eigenvalue weighted by Crippen LogP contribution is 2.39. The van der Waals surface area contributed by atoms with Crippen LogP contribution in [0.15, 0.2) is 60.7 Å². The maximum absolute atomic E-state index is 13.4. The third-order valence-electron chi connectivity index (χ3n) is 5.13. The van der Waals surface area contributed by atoms with Crippen molar-refractivity contribution in [1.29, 1.82) is 0 Å². The second-order valence-electron chi connectivity index (χ2n) is 6.86. The van der Waals surface area contributed by atoms with E-state index in [2.05, 4.69) is 17.0 Å². The van der Waals surface area contributed by atoms with Crippen molar-refractivity contribution in [1.82, 2.24) is 4.90 Å². The van der Waals surface area contributed by atoms with E-state index in [1.54, 1.807) is 12.1 Å². The van der Waals surface area contributed by atoms with Gasteiger partial charge in [-0.25, -0.2) is 0 Å². The number of fused-ring (bicyclic) bond motifs is 2. The first kappa shape index (κ1) is 17.3. The molecule has 2 aliphatic rings. The predicted octanol–water partition coefficient (Wildman–Crippen LogP) is 4.76. The predicted molar refractivity (Wildman–Crippen MR) is 94.4 cm³/mol. The zero-order valence-corrected chi connectivity index (χ0v) is 14.2. The molecule has 2 nitrogen and oxygen atoms in total. The summed E-state index contributed by atoms with van der Waals surface area (Å²) in [6, 6.07) is 16.1.